The van der Waals surface area contributed by atoms with Crippen molar-refractivity contribution in [2.45, 2.75) is 26.8 Å². The Hall–Kier alpha value is -2.35. The molecule has 2 aromatic rings. The number of rotatable bonds is 9. The van der Waals surface area contributed by atoms with Gasteiger partial charge in [0, 0.05) is 5.69 Å². The van der Waals surface area contributed by atoms with E-state index in [2.05, 4.69) is 20.8 Å². The third-order valence-electron chi connectivity index (χ3n) is 6.18. The highest BCUT2D eigenvalue weighted by Crippen LogP contribution is 2.36. The van der Waals surface area contributed by atoms with Crippen LogP contribution in [0.25, 0.3) is 0 Å². The van der Waals surface area contributed by atoms with Crippen LogP contribution >= 0.6 is 11.8 Å². The largest absolute Gasteiger partial charge is 1.00 e. The number of thioether (sulfide) groups is 1. The van der Waals surface area contributed by atoms with Gasteiger partial charge in [-0.1, -0.05) is 60.3 Å². The van der Waals surface area contributed by atoms with Gasteiger partial charge in [0.1, 0.15) is 12.6 Å². The average molecular weight is 476 g/mol. The SMILES string of the molecule is CC[N+](CC)(CC)CC(=O)SCN1C(=O)C(c2ccccc2)N(c2ccccc2)C1=O.[Cl-]. The molecule has 0 aliphatic carbocycles. The van der Waals surface area contributed by atoms with Crippen molar-refractivity contribution in [3.8, 4) is 0 Å². The molecule has 1 heterocycles. The average Bonchev–Trinajstić information content (AvgIpc) is 3.06. The van der Waals surface area contributed by atoms with Crippen molar-refractivity contribution in [1.82, 2.24) is 4.90 Å². The molecular formula is C24H30ClN3O3S. The molecule has 1 unspecified atom stereocenters. The van der Waals surface area contributed by atoms with E-state index in [0.29, 0.717) is 16.7 Å². The molecule has 1 saturated heterocycles. The third-order valence-corrected chi connectivity index (χ3v) is 7.01. The molecule has 0 bridgehead atoms. The lowest BCUT2D eigenvalue weighted by atomic mass is 10.1. The van der Waals surface area contributed by atoms with Gasteiger partial charge in [-0.15, -0.1) is 0 Å². The number of quaternary nitrogens is 1. The van der Waals surface area contributed by atoms with Crippen molar-refractivity contribution in [2.75, 3.05) is 37.0 Å². The minimum absolute atomic E-state index is 0. The molecule has 0 N–H and O–H groups in total. The Kier molecular flexibility index (Phi) is 9.31. The number of halogens is 1. The summed E-state index contributed by atoms with van der Waals surface area (Å²) in [5.41, 5.74) is 1.41. The third kappa shape index (κ3) is 5.34. The second-order valence-corrected chi connectivity index (χ2v) is 8.66. The van der Waals surface area contributed by atoms with Crippen LogP contribution in [-0.2, 0) is 9.59 Å². The maximum atomic E-state index is 13.3. The Balaban J connectivity index is 0.00000363. The lowest BCUT2D eigenvalue weighted by Crippen LogP contribution is -3.00. The van der Waals surface area contributed by atoms with Gasteiger partial charge in [-0.25, -0.2) is 4.79 Å². The van der Waals surface area contributed by atoms with Gasteiger partial charge < -0.3 is 16.9 Å². The Bertz CT molecular complexity index is 857. The predicted octanol–water partition coefficient (Wildman–Crippen LogP) is 1.29. The summed E-state index contributed by atoms with van der Waals surface area (Å²) in [6.45, 7) is 9.27. The zero-order valence-corrected chi connectivity index (χ0v) is 20.3. The number of para-hydroxylation sites is 1. The molecule has 1 aliphatic rings. The Morgan fingerprint density at radius 1 is 0.906 bits per heavy atom. The summed E-state index contributed by atoms with van der Waals surface area (Å²) in [5, 5.41) is 0.000530. The minimum atomic E-state index is -0.733. The van der Waals surface area contributed by atoms with Gasteiger partial charge >= 0.3 is 6.03 Å². The smallest absolute Gasteiger partial charge is 0.333 e. The quantitative estimate of drug-likeness (QED) is 0.405. The monoisotopic (exact) mass is 475 g/mol. The molecule has 0 spiro atoms. The minimum Gasteiger partial charge on any atom is -1.00 e. The number of hydrogen-bond donors (Lipinski definition) is 0. The van der Waals surface area contributed by atoms with Gasteiger partial charge in [0.25, 0.3) is 5.91 Å². The summed E-state index contributed by atoms with van der Waals surface area (Å²) in [6.07, 6.45) is 0. The first-order chi connectivity index (χ1) is 15.0. The number of nitrogens with zero attached hydrogens (tertiary/aromatic N) is 3. The second kappa shape index (κ2) is 11.5. The van der Waals surface area contributed by atoms with Crippen molar-refractivity contribution in [1.29, 1.82) is 0 Å². The predicted molar refractivity (Wildman–Crippen MR) is 125 cm³/mol. The van der Waals surface area contributed by atoms with Crippen LogP contribution in [0.5, 0.6) is 0 Å². The van der Waals surface area contributed by atoms with Crippen LogP contribution in [0.4, 0.5) is 10.5 Å². The van der Waals surface area contributed by atoms with Gasteiger partial charge in [0.05, 0.1) is 25.5 Å². The molecule has 32 heavy (non-hydrogen) atoms. The highest BCUT2D eigenvalue weighted by molar-refractivity contribution is 8.13. The molecule has 0 radical (unpaired) electrons. The van der Waals surface area contributed by atoms with E-state index in [4.69, 9.17) is 0 Å². The fourth-order valence-corrected chi connectivity index (χ4v) is 4.82. The van der Waals surface area contributed by atoms with Gasteiger partial charge in [-0.05, 0) is 38.5 Å². The zero-order valence-electron chi connectivity index (χ0n) is 18.7. The van der Waals surface area contributed by atoms with Crippen LogP contribution in [-0.4, -0.2) is 58.5 Å². The Morgan fingerprint density at radius 2 is 1.44 bits per heavy atom. The van der Waals surface area contributed by atoms with Gasteiger partial charge in [-0.2, -0.15) is 0 Å². The fourth-order valence-electron chi connectivity index (χ4n) is 3.95. The van der Waals surface area contributed by atoms with E-state index in [1.165, 1.54) is 9.80 Å². The first-order valence-corrected chi connectivity index (χ1v) is 11.7. The van der Waals surface area contributed by atoms with Crippen LogP contribution < -0.4 is 17.3 Å². The molecule has 6 nitrogen and oxygen atoms in total. The van der Waals surface area contributed by atoms with Gasteiger partial charge in [0.15, 0.2) is 0 Å². The maximum absolute atomic E-state index is 13.3. The fraction of sp³-hybridized carbons (Fsp3) is 0.375. The summed E-state index contributed by atoms with van der Waals surface area (Å²) in [5.74, 6) is -0.275. The molecule has 0 aromatic heterocycles. The number of amides is 3. The highest BCUT2D eigenvalue weighted by atomic mass is 35.5. The number of carbonyl (C=O) groups excluding carboxylic acids is 3. The standard InChI is InChI=1S/C24H30N3O3S.ClH/c1-4-27(5-2,6-3)17-21(28)31-18-25-23(29)22(19-13-9-7-10-14-19)26(24(25)30)20-15-11-8-12-16-20;/h7-16,22H,4-6,17-18H2,1-3H3;1H/q+1;/p-1. The van der Waals surface area contributed by atoms with Crippen LogP contribution in [0.2, 0.25) is 0 Å². The number of imide groups is 1. The lowest BCUT2D eigenvalue weighted by molar-refractivity contribution is -0.915. The molecule has 3 rings (SSSR count). The molecule has 0 saturated carbocycles. The number of anilines is 1. The summed E-state index contributed by atoms with van der Waals surface area (Å²) in [7, 11) is 0. The van der Waals surface area contributed by atoms with E-state index < -0.39 is 12.1 Å². The molecule has 1 fully saturated rings. The van der Waals surface area contributed by atoms with Crippen molar-refractivity contribution in [3.05, 3.63) is 66.2 Å². The highest BCUT2D eigenvalue weighted by Gasteiger charge is 2.46. The van der Waals surface area contributed by atoms with Gasteiger partial charge in [0.2, 0.25) is 5.12 Å². The summed E-state index contributed by atoms with van der Waals surface area (Å²) >= 11 is 1.05. The summed E-state index contributed by atoms with van der Waals surface area (Å²) in [4.78, 5) is 42.0. The van der Waals surface area contributed by atoms with Crippen molar-refractivity contribution in [2.24, 2.45) is 0 Å². The number of urea groups is 1. The van der Waals surface area contributed by atoms with Crippen LogP contribution in [0, 0.1) is 0 Å². The molecule has 1 aliphatic heterocycles. The van der Waals surface area contributed by atoms with Crippen LogP contribution in [0.15, 0.2) is 60.7 Å². The maximum Gasteiger partial charge on any atom is 0.333 e. The molecule has 1 atom stereocenters. The van der Waals surface area contributed by atoms with Crippen molar-refractivity contribution < 1.29 is 31.3 Å². The number of benzene rings is 2. The Labute approximate surface area is 200 Å². The molecule has 3 amide bonds. The first-order valence-electron chi connectivity index (χ1n) is 10.7. The first kappa shape index (κ1) is 25.9. The zero-order chi connectivity index (χ0) is 22.4. The molecule has 172 valence electrons. The van der Waals surface area contributed by atoms with E-state index in [1.807, 2.05) is 60.7 Å². The number of hydrogen-bond acceptors (Lipinski definition) is 4. The van der Waals surface area contributed by atoms with Crippen LogP contribution in [0.3, 0.4) is 0 Å². The molecule has 2 aromatic carbocycles. The number of likely N-dealkylation sites (N-methyl/N-ethyl adjacent to an activating group) is 1. The summed E-state index contributed by atoms with van der Waals surface area (Å²) in [6, 6.07) is 17.4. The normalized spacial score (nSPS) is 16.3. The van der Waals surface area contributed by atoms with Crippen molar-refractivity contribution in [3.63, 3.8) is 0 Å². The summed E-state index contributed by atoms with van der Waals surface area (Å²) < 4.78 is 0.705. The van der Waals surface area contributed by atoms with E-state index in [0.717, 1.165) is 37.0 Å². The van der Waals surface area contributed by atoms with E-state index in [-0.39, 0.29) is 29.3 Å². The molecular weight excluding hydrogens is 446 g/mol. The number of carbonyl (C=O) groups is 3. The van der Waals surface area contributed by atoms with Gasteiger partial charge in [-0.3, -0.25) is 19.4 Å². The Morgan fingerprint density at radius 3 is 1.97 bits per heavy atom. The van der Waals surface area contributed by atoms with E-state index >= 15 is 0 Å². The van der Waals surface area contributed by atoms with Crippen molar-refractivity contribution >= 4 is 34.5 Å². The molecule has 8 heteroatoms. The van der Waals surface area contributed by atoms with E-state index in [1.54, 1.807) is 0 Å². The lowest BCUT2D eigenvalue weighted by Gasteiger charge is -2.34. The van der Waals surface area contributed by atoms with E-state index in [9.17, 15) is 14.4 Å². The topological polar surface area (TPSA) is 57.7 Å². The second-order valence-electron chi connectivity index (χ2n) is 7.66. The van der Waals surface area contributed by atoms with Crippen LogP contribution in [0.1, 0.15) is 32.4 Å².